The van der Waals surface area contributed by atoms with Crippen LogP contribution in [0, 0.1) is 0 Å². The van der Waals surface area contributed by atoms with Gasteiger partial charge in [-0.3, -0.25) is 4.79 Å². The molecule has 0 bridgehead atoms. The van der Waals surface area contributed by atoms with Gasteiger partial charge in [0.25, 0.3) is 0 Å². The van der Waals surface area contributed by atoms with Gasteiger partial charge >= 0.3 is 0 Å². The van der Waals surface area contributed by atoms with E-state index in [0.717, 1.165) is 42.9 Å². The first-order valence-corrected chi connectivity index (χ1v) is 10.6. The lowest BCUT2D eigenvalue weighted by atomic mass is 9.97. The van der Waals surface area contributed by atoms with Crippen LogP contribution in [0.1, 0.15) is 51.0 Å². The minimum atomic E-state index is -0.110. The molecule has 1 aliphatic carbocycles. The van der Waals surface area contributed by atoms with Crippen molar-refractivity contribution in [2.75, 3.05) is 13.2 Å². The second-order valence-corrected chi connectivity index (χ2v) is 7.26. The van der Waals surface area contributed by atoms with Gasteiger partial charge in [0.1, 0.15) is 0 Å². The number of aromatic nitrogens is 2. The van der Waals surface area contributed by atoms with Crippen LogP contribution in [0.3, 0.4) is 0 Å². The molecule has 1 saturated carbocycles. The Morgan fingerprint density at radius 2 is 2.17 bits per heavy atom. The average Bonchev–Trinajstić information content (AvgIpc) is 3.26. The average molecular weight is 398 g/mol. The first-order valence-electron chi connectivity index (χ1n) is 10.6. The molecule has 0 atom stereocenters. The van der Waals surface area contributed by atoms with Gasteiger partial charge in [0.15, 0.2) is 11.5 Å². The topological polar surface area (TPSA) is 65.4 Å². The predicted molar refractivity (Wildman–Crippen MR) is 114 cm³/mol. The van der Waals surface area contributed by atoms with Crippen LogP contribution in [0.2, 0.25) is 0 Å². The first-order chi connectivity index (χ1) is 14.3. The molecule has 1 N–H and O–H groups in total. The van der Waals surface area contributed by atoms with Crippen LogP contribution in [0.5, 0.6) is 11.5 Å². The van der Waals surface area contributed by atoms with Crippen molar-refractivity contribution in [1.29, 1.82) is 0 Å². The van der Waals surface area contributed by atoms with E-state index in [1.165, 1.54) is 19.3 Å². The molecule has 156 valence electrons. The molecule has 6 nitrogen and oxygen atoms in total. The summed E-state index contributed by atoms with van der Waals surface area (Å²) in [6, 6.07) is 5.82. The fourth-order valence-corrected chi connectivity index (χ4v) is 3.53. The summed E-state index contributed by atoms with van der Waals surface area (Å²) >= 11 is 0. The maximum Gasteiger partial charge on any atom is 0.244 e. The van der Waals surface area contributed by atoms with E-state index in [9.17, 15) is 4.79 Å². The summed E-state index contributed by atoms with van der Waals surface area (Å²) in [5.74, 6) is 1.37. The smallest absolute Gasteiger partial charge is 0.244 e. The summed E-state index contributed by atoms with van der Waals surface area (Å²) < 4.78 is 14.1. The zero-order chi connectivity index (χ0) is 20.3. The molecule has 1 heterocycles. The van der Waals surface area contributed by atoms with E-state index >= 15 is 0 Å². The van der Waals surface area contributed by atoms with Crippen LogP contribution in [0.15, 0.2) is 43.0 Å². The molecular formula is C23H31N3O3. The number of rotatable bonds is 10. The molecule has 1 fully saturated rings. The third-order valence-electron chi connectivity index (χ3n) is 5.01. The van der Waals surface area contributed by atoms with Crippen LogP contribution < -0.4 is 14.8 Å². The molecule has 0 saturated heterocycles. The zero-order valence-electron chi connectivity index (χ0n) is 17.2. The summed E-state index contributed by atoms with van der Waals surface area (Å²) in [6.07, 6.45) is 15.7. The normalized spacial score (nSPS) is 14.8. The van der Waals surface area contributed by atoms with Crippen LogP contribution in [-0.4, -0.2) is 34.7 Å². The molecule has 6 heteroatoms. The second-order valence-electron chi connectivity index (χ2n) is 7.26. The van der Waals surface area contributed by atoms with Crippen molar-refractivity contribution in [1.82, 2.24) is 14.9 Å². The fraction of sp³-hybridized carbons (Fsp3) is 0.478. The maximum atomic E-state index is 12.2. The quantitative estimate of drug-likeness (QED) is 0.482. The number of carbonyl (C=O) groups is 1. The Morgan fingerprint density at radius 3 is 2.93 bits per heavy atom. The number of hydrogen-bond donors (Lipinski definition) is 1. The Balaban J connectivity index is 1.58. The fourth-order valence-electron chi connectivity index (χ4n) is 3.53. The highest BCUT2D eigenvalue weighted by Crippen LogP contribution is 2.35. The lowest BCUT2D eigenvalue weighted by Gasteiger charge is -2.25. The monoisotopic (exact) mass is 397 g/mol. The van der Waals surface area contributed by atoms with Crippen LogP contribution in [0.25, 0.3) is 6.08 Å². The number of amides is 1. The minimum Gasteiger partial charge on any atom is -0.490 e. The van der Waals surface area contributed by atoms with Gasteiger partial charge in [-0.15, -0.1) is 0 Å². The number of aryl methyl sites for hydroxylation is 1. The lowest BCUT2D eigenvalue weighted by Crippen LogP contribution is -2.23. The van der Waals surface area contributed by atoms with Gasteiger partial charge in [-0.05, 0) is 51.2 Å². The number of benzene rings is 1. The van der Waals surface area contributed by atoms with Gasteiger partial charge < -0.3 is 19.4 Å². The summed E-state index contributed by atoms with van der Waals surface area (Å²) in [5, 5.41) is 2.92. The molecule has 1 aromatic heterocycles. The van der Waals surface area contributed by atoms with Gasteiger partial charge in [0, 0.05) is 37.1 Å². The number of carbonyl (C=O) groups excluding carboxylic acids is 1. The number of nitrogens with one attached hydrogen (secondary N) is 1. The Hall–Kier alpha value is -2.76. The number of imidazole rings is 1. The largest absolute Gasteiger partial charge is 0.490 e. The summed E-state index contributed by atoms with van der Waals surface area (Å²) in [6.45, 7) is 3.99. The van der Waals surface area contributed by atoms with E-state index < -0.39 is 0 Å². The van der Waals surface area contributed by atoms with Crippen molar-refractivity contribution in [3.8, 4) is 11.5 Å². The van der Waals surface area contributed by atoms with Gasteiger partial charge in [-0.1, -0.05) is 18.6 Å². The molecule has 0 unspecified atom stereocenters. The van der Waals surface area contributed by atoms with Crippen molar-refractivity contribution >= 4 is 12.0 Å². The van der Waals surface area contributed by atoms with Crippen molar-refractivity contribution in [2.24, 2.45) is 0 Å². The molecule has 0 radical (unpaired) electrons. The molecule has 2 aromatic rings. The highest BCUT2D eigenvalue weighted by Gasteiger charge is 2.19. The summed E-state index contributed by atoms with van der Waals surface area (Å²) in [7, 11) is 0. The Labute approximate surface area is 172 Å². The van der Waals surface area contributed by atoms with Crippen LogP contribution in [0.4, 0.5) is 0 Å². The van der Waals surface area contributed by atoms with Gasteiger partial charge in [-0.25, -0.2) is 4.98 Å². The molecule has 1 aromatic carbocycles. The molecular weight excluding hydrogens is 366 g/mol. The predicted octanol–water partition coefficient (Wildman–Crippen LogP) is 4.21. The highest BCUT2D eigenvalue weighted by molar-refractivity contribution is 5.92. The number of para-hydroxylation sites is 1. The van der Waals surface area contributed by atoms with E-state index in [2.05, 4.69) is 10.3 Å². The van der Waals surface area contributed by atoms with Gasteiger partial charge in [0.05, 0.1) is 19.0 Å². The molecule has 0 spiro atoms. The van der Waals surface area contributed by atoms with E-state index in [1.54, 1.807) is 18.6 Å². The lowest BCUT2D eigenvalue weighted by molar-refractivity contribution is -0.116. The standard InChI is InChI=1S/C23H31N3O3/c1-2-28-21-11-6-8-19(23(21)29-20-9-4-3-5-10-20)12-13-22(27)25-14-7-16-26-17-15-24-18-26/h6,8,11-13,15,17-18,20H,2-5,7,9-10,14,16H2,1H3,(H,25,27)/b13-12+. The Bertz CT molecular complexity index is 781. The van der Waals surface area contributed by atoms with Gasteiger partial charge in [0.2, 0.25) is 5.91 Å². The van der Waals surface area contributed by atoms with E-state index in [-0.39, 0.29) is 12.0 Å². The first kappa shape index (κ1) is 21.0. The zero-order valence-corrected chi connectivity index (χ0v) is 17.2. The number of ether oxygens (including phenoxy) is 2. The minimum absolute atomic E-state index is 0.110. The van der Waals surface area contributed by atoms with E-state index in [4.69, 9.17) is 9.47 Å². The third kappa shape index (κ3) is 6.66. The van der Waals surface area contributed by atoms with Crippen molar-refractivity contribution < 1.29 is 14.3 Å². The Kier molecular flexibility index (Phi) is 8.16. The van der Waals surface area contributed by atoms with Crippen molar-refractivity contribution in [2.45, 2.75) is 58.1 Å². The molecule has 29 heavy (non-hydrogen) atoms. The molecule has 3 rings (SSSR count). The highest BCUT2D eigenvalue weighted by atomic mass is 16.5. The molecule has 1 amide bonds. The SMILES string of the molecule is CCOc1cccc(/C=C/C(=O)NCCCn2ccnc2)c1OC1CCCCC1. The maximum absolute atomic E-state index is 12.2. The van der Waals surface area contributed by atoms with E-state index in [1.807, 2.05) is 42.0 Å². The molecule has 0 aliphatic heterocycles. The van der Waals surface area contributed by atoms with Crippen LogP contribution in [-0.2, 0) is 11.3 Å². The van der Waals surface area contributed by atoms with Crippen molar-refractivity contribution in [3.63, 3.8) is 0 Å². The van der Waals surface area contributed by atoms with E-state index in [0.29, 0.717) is 13.2 Å². The molecule has 1 aliphatic rings. The second kappa shape index (κ2) is 11.3. The van der Waals surface area contributed by atoms with Crippen LogP contribution >= 0.6 is 0 Å². The summed E-state index contributed by atoms with van der Waals surface area (Å²) in [4.78, 5) is 16.2. The van der Waals surface area contributed by atoms with Crippen molar-refractivity contribution in [3.05, 3.63) is 48.6 Å². The summed E-state index contributed by atoms with van der Waals surface area (Å²) in [5.41, 5.74) is 0.870. The third-order valence-corrected chi connectivity index (χ3v) is 5.01. The number of nitrogens with zero attached hydrogens (tertiary/aromatic N) is 2. The number of hydrogen-bond acceptors (Lipinski definition) is 4. The van der Waals surface area contributed by atoms with Gasteiger partial charge in [-0.2, -0.15) is 0 Å². The Morgan fingerprint density at radius 1 is 1.31 bits per heavy atom.